The van der Waals surface area contributed by atoms with Crippen molar-refractivity contribution in [1.29, 1.82) is 0 Å². The molecule has 20 heavy (non-hydrogen) atoms. The first-order chi connectivity index (χ1) is 9.40. The van der Waals surface area contributed by atoms with Crippen molar-refractivity contribution in [3.05, 3.63) is 35.5 Å². The van der Waals surface area contributed by atoms with E-state index in [1.807, 2.05) is 11.6 Å². The first kappa shape index (κ1) is 14.8. The fourth-order valence-corrected chi connectivity index (χ4v) is 2.83. The third kappa shape index (κ3) is 3.27. The molecule has 0 aliphatic heterocycles. The third-order valence-electron chi connectivity index (χ3n) is 2.72. The van der Waals surface area contributed by atoms with Crippen molar-refractivity contribution in [2.45, 2.75) is 11.3 Å². The number of aryl methyl sites for hydroxylation is 1. The lowest BCUT2D eigenvalue weighted by Gasteiger charge is -2.07. The van der Waals surface area contributed by atoms with Crippen molar-refractivity contribution >= 4 is 27.4 Å². The first-order valence-electron chi connectivity index (χ1n) is 5.77. The van der Waals surface area contributed by atoms with Crippen LogP contribution >= 0.6 is 11.6 Å². The van der Waals surface area contributed by atoms with Crippen molar-refractivity contribution < 1.29 is 8.42 Å². The zero-order chi connectivity index (χ0) is 14.8. The Morgan fingerprint density at radius 2 is 2.20 bits per heavy atom. The quantitative estimate of drug-likeness (QED) is 0.839. The topological polar surface area (TPSA) is 103 Å². The van der Waals surface area contributed by atoms with Gasteiger partial charge < -0.3 is 10.3 Å². The maximum Gasteiger partial charge on any atom is 0.242 e. The molecular formula is C11H14ClN5O2S. The van der Waals surface area contributed by atoms with Crippen LogP contribution in [-0.2, 0) is 23.5 Å². The van der Waals surface area contributed by atoms with Crippen LogP contribution in [0.1, 0.15) is 5.82 Å². The molecular weight excluding hydrogens is 302 g/mol. The molecule has 0 fully saturated rings. The Morgan fingerprint density at radius 3 is 2.80 bits per heavy atom. The normalized spacial score (nSPS) is 11.7. The summed E-state index contributed by atoms with van der Waals surface area (Å²) in [6.45, 7) is 0.231. The first-order valence-corrected chi connectivity index (χ1v) is 7.63. The van der Waals surface area contributed by atoms with E-state index in [0.29, 0.717) is 6.42 Å². The van der Waals surface area contributed by atoms with Gasteiger partial charge in [0, 0.05) is 38.6 Å². The van der Waals surface area contributed by atoms with Crippen LogP contribution in [0.25, 0.3) is 0 Å². The van der Waals surface area contributed by atoms with Gasteiger partial charge in [-0.15, -0.1) is 0 Å². The molecule has 2 aromatic rings. The van der Waals surface area contributed by atoms with Crippen LogP contribution in [0.5, 0.6) is 0 Å². The van der Waals surface area contributed by atoms with Crippen molar-refractivity contribution in [3.63, 3.8) is 0 Å². The third-order valence-corrected chi connectivity index (χ3v) is 4.45. The molecule has 9 heteroatoms. The highest BCUT2D eigenvalue weighted by molar-refractivity contribution is 7.89. The number of nitrogen functional groups attached to an aromatic ring is 1. The Hall–Kier alpha value is -1.64. The number of hydrogen-bond acceptors (Lipinski definition) is 5. The largest absolute Gasteiger partial charge is 0.382 e. The van der Waals surface area contributed by atoms with Gasteiger partial charge in [-0.25, -0.2) is 23.1 Å². The highest BCUT2D eigenvalue weighted by Gasteiger charge is 2.15. The van der Waals surface area contributed by atoms with Gasteiger partial charge in [0.25, 0.3) is 0 Å². The predicted molar refractivity (Wildman–Crippen MR) is 75.8 cm³/mol. The summed E-state index contributed by atoms with van der Waals surface area (Å²) in [7, 11) is -1.81. The zero-order valence-electron chi connectivity index (χ0n) is 10.7. The van der Waals surface area contributed by atoms with Crippen LogP contribution in [0.2, 0.25) is 5.02 Å². The molecule has 0 unspecified atom stereocenters. The predicted octanol–water partition coefficient (Wildman–Crippen LogP) is 0.572. The van der Waals surface area contributed by atoms with Crippen LogP contribution in [0, 0.1) is 0 Å². The van der Waals surface area contributed by atoms with Gasteiger partial charge in [0.1, 0.15) is 16.5 Å². The summed E-state index contributed by atoms with van der Waals surface area (Å²) in [5.74, 6) is 0.889. The number of nitrogens with zero attached hydrogens (tertiary/aromatic N) is 3. The van der Waals surface area contributed by atoms with E-state index in [-0.39, 0.29) is 22.3 Å². The van der Waals surface area contributed by atoms with E-state index in [1.165, 1.54) is 12.3 Å². The summed E-state index contributed by atoms with van der Waals surface area (Å²) in [6.07, 6.45) is 5.12. The second kappa shape index (κ2) is 5.78. The summed E-state index contributed by atoms with van der Waals surface area (Å²) in [5, 5.41) is 0.108. The minimum atomic E-state index is -3.66. The number of pyridine rings is 1. The van der Waals surface area contributed by atoms with E-state index in [2.05, 4.69) is 14.7 Å². The van der Waals surface area contributed by atoms with Gasteiger partial charge in [-0.1, -0.05) is 11.6 Å². The maximum absolute atomic E-state index is 12.0. The smallest absolute Gasteiger partial charge is 0.242 e. The highest BCUT2D eigenvalue weighted by Crippen LogP contribution is 2.19. The Morgan fingerprint density at radius 1 is 1.45 bits per heavy atom. The van der Waals surface area contributed by atoms with Crippen LogP contribution in [0.3, 0.4) is 0 Å². The molecule has 108 valence electrons. The van der Waals surface area contributed by atoms with Crippen LogP contribution in [0.4, 0.5) is 5.82 Å². The van der Waals surface area contributed by atoms with Crippen molar-refractivity contribution in [3.8, 4) is 0 Å². The van der Waals surface area contributed by atoms with E-state index in [1.54, 1.807) is 12.4 Å². The van der Waals surface area contributed by atoms with Gasteiger partial charge in [-0.3, -0.25) is 0 Å². The molecule has 0 saturated carbocycles. The Labute approximate surface area is 121 Å². The fraction of sp³-hybridized carbons (Fsp3) is 0.273. The van der Waals surface area contributed by atoms with E-state index >= 15 is 0 Å². The van der Waals surface area contributed by atoms with Crippen molar-refractivity contribution in [1.82, 2.24) is 19.3 Å². The molecule has 0 aromatic carbocycles. The number of anilines is 1. The Kier molecular flexibility index (Phi) is 4.26. The zero-order valence-corrected chi connectivity index (χ0v) is 12.3. The molecule has 0 bridgehead atoms. The summed E-state index contributed by atoms with van der Waals surface area (Å²) >= 11 is 5.76. The minimum Gasteiger partial charge on any atom is -0.382 e. The summed E-state index contributed by atoms with van der Waals surface area (Å²) in [5.41, 5.74) is 5.44. The van der Waals surface area contributed by atoms with Crippen LogP contribution in [-0.4, -0.2) is 29.5 Å². The average molecular weight is 316 g/mol. The van der Waals surface area contributed by atoms with Gasteiger partial charge in [-0.05, 0) is 6.07 Å². The summed E-state index contributed by atoms with van der Waals surface area (Å²) in [4.78, 5) is 7.82. The molecule has 2 heterocycles. The SMILES string of the molecule is Cn1ccnc1CCNS(=O)(=O)c1cnc(N)c(Cl)c1. The lowest BCUT2D eigenvalue weighted by Crippen LogP contribution is -2.26. The lowest BCUT2D eigenvalue weighted by molar-refractivity contribution is 0.579. The second-order valence-electron chi connectivity index (χ2n) is 4.14. The number of imidazole rings is 1. The van der Waals surface area contributed by atoms with Gasteiger partial charge >= 0.3 is 0 Å². The van der Waals surface area contributed by atoms with E-state index in [4.69, 9.17) is 17.3 Å². The molecule has 7 nitrogen and oxygen atoms in total. The number of rotatable bonds is 5. The molecule has 0 atom stereocenters. The number of nitrogens with two attached hydrogens (primary N) is 1. The highest BCUT2D eigenvalue weighted by atomic mass is 35.5. The standard InChI is InChI=1S/C11H14ClN5O2S/c1-17-5-4-14-10(17)2-3-16-20(18,19)8-6-9(12)11(13)15-7-8/h4-7,16H,2-3H2,1H3,(H2,13,15). The molecule has 0 aliphatic carbocycles. The Bertz CT molecular complexity index is 713. The summed E-state index contributed by atoms with van der Waals surface area (Å²) in [6, 6.07) is 1.27. The van der Waals surface area contributed by atoms with E-state index in [0.717, 1.165) is 5.82 Å². The second-order valence-corrected chi connectivity index (χ2v) is 6.31. The van der Waals surface area contributed by atoms with Crippen LogP contribution < -0.4 is 10.5 Å². The average Bonchev–Trinajstić information content (AvgIpc) is 2.78. The maximum atomic E-state index is 12.0. The minimum absolute atomic E-state index is 0.0171. The van der Waals surface area contributed by atoms with Crippen molar-refractivity contribution in [2.24, 2.45) is 7.05 Å². The monoisotopic (exact) mass is 315 g/mol. The number of aromatic nitrogens is 3. The van der Waals surface area contributed by atoms with Gasteiger partial charge in [0.2, 0.25) is 10.0 Å². The molecule has 0 spiro atoms. The molecule has 2 rings (SSSR count). The molecule has 2 aromatic heterocycles. The fourth-order valence-electron chi connectivity index (χ4n) is 1.60. The van der Waals surface area contributed by atoms with E-state index < -0.39 is 10.0 Å². The van der Waals surface area contributed by atoms with Gasteiger partial charge in [0.05, 0.1) is 5.02 Å². The van der Waals surface area contributed by atoms with Crippen LogP contribution in [0.15, 0.2) is 29.6 Å². The number of hydrogen-bond donors (Lipinski definition) is 2. The van der Waals surface area contributed by atoms with E-state index in [9.17, 15) is 8.42 Å². The van der Waals surface area contributed by atoms with Gasteiger partial charge in [-0.2, -0.15) is 0 Å². The molecule has 0 amide bonds. The molecule has 3 N–H and O–H groups in total. The summed E-state index contributed by atoms with van der Waals surface area (Å²) < 4.78 is 28.4. The number of sulfonamides is 1. The molecule has 0 saturated heterocycles. The Balaban J connectivity index is 2.04. The molecule has 0 aliphatic rings. The number of halogens is 1. The number of nitrogens with one attached hydrogen (secondary N) is 1. The van der Waals surface area contributed by atoms with Crippen molar-refractivity contribution in [2.75, 3.05) is 12.3 Å². The van der Waals surface area contributed by atoms with Gasteiger partial charge in [0.15, 0.2) is 0 Å². The molecule has 0 radical (unpaired) electrons. The lowest BCUT2D eigenvalue weighted by atomic mass is 10.4.